The van der Waals surface area contributed by atoms with E-state index in [9.17, 15) is 4.79 Å². The third-order valence-corrected chi connectivity index (χ3v) is 5.68. The molecule has 0 saturated heterocycles. The second kappa shape index (κ2) is 4.61. The van der Waals surface area contributed by atoms with Gasteiger partial charge in [0.25, 0.3) is 0 Å². The lowest BCUT2D eigenvalue weighted by molar-refractivity contribution is -0.143. The van der Waals surface area contributed by atoms with Crippen molar-refractivity contribution in [3.63, 3.8) is 0 Å². The Balaban J connectivity index is 2.10. The molecule has 2 nitrogen and oxygen atoms in total. The van der Waals surface area contributed by atoms with Gasteiger partial charge in [-0.15, -0.1) is 6.58 Å². The summed E-state index contributed by atoms with van der Waals surface area (Å²) in [5.41, 5.74) is 1.13. The smallest absolute Gasteiger partial charge is 0.315 e. The average Bonchev–Trinajstić information content (AvgIpc) is 2.61. The largest absolute Gasteiger partial charge is 0.430 e. The maximum absolute atomic E-state index is 12.4. The zero-order chi connectivity index (χ0) is 15.3. The van der Waals surface area contributed by atoms with Gasteiger partial charge in [0.05, 0.1) is 5.92 Å². The summed E-state index contributed by atoms with van der Waals surface area (Å²) in [5.74, 6) is 0.989. The van der Waals surface area contributed by atoms with Gasteiger partial charge in [0.15, 0.2) is 0 Å². The molecular formula is C18H26O2. The van der Waals surface area contributed by atoms with E-state index >= 15 is 0 Å². The van der Waals surface area contributed by atoms with Crippen molar-refractivity contribution in [3.8, 4) is 0 Å². The molecule has 0 amide bonds. The molecule has 1 unspecified atom stereocenters. The number of hydrogen-bond donors (Lipinski definition) is 0. The van der Waals surface area contributed by atoms with Gasteiger partial charge in [-0.1, -0.05) is 52.8 Å². The van der Waals surface area contributed by atoms with E-state index in [1.807, 2.05) is 12.2 Å². The maximum Gasteiger partial charge on any atom is 0.315 e. The minimum atomic E-state index is -0.0952. The van der Waals surface area contributed by atoms with Gasteiger partial charge in [-0.2, -0.15) is 0 Å². The van der Waals surface area contributed by atoms with Crippen molar-refractivity contribution in [2.75, 3.05) is 0 Å². The number of hydrogen-bond acceptors (Lipinski definition) is 2. The summed E-state index contributed by atoms with van der Waals surface area (Å²) in [6.45, 7) is 18.5. The number of esters is 1. The van der Waals surface area contributed by atoms with E-state index in [-0.39, 0.29) is 34.6 Å². The molecule has 20 heavy (non-hydrogen) atoms. The first kappa shape index (κ1) is 15.1. The Morgan fingerprint density at radius 1 is 1.40 bits per heavy atom. The summed E-state index contributed by atoms with van der Waals surface area (Å²) in [6, 6.07) is 0. The van der Waals surface area contributed by atoms with Crippen LogP contribution in [0.1, 0.15) is 41.0 Å². The van der Waals surface area contributed by atoms with Gasteiger partial charge < -0.3 is 4.74 Å². The van der Waals surface area contributed by atoms with Crippen LogP contribution < -0.4 is 0 Å². The first-order chi connectivity index (χ1) is 9.14. The second-order valence-electron chi connectivity index (χ2n) is 7.34. The van der Waals surface area contributed by atoms with Crippen LogP contribution in [0.15, 0.2) is 36.6 Å². The van der Waals surface area contributed by atoms with E-state index < -0.39 is 0 Å². The van der Waals surface area contributed by atoms with Crippen molar-refractivity contribution in [3.05, 3.63) is 36.6 Å². The lowest BCUT2D eigenvalue weighted by Gasteiger charge is -2.20. The van der Waals surface area contributed by atoms with E-state index in [1.54, 1.807) is 0 Å². The van der Waals surface area contributed by atoms with Gasteiger partial charge in [0.2, 0.25) is 0 Å². The molecule has 0 spiro atoms. The average molecular weight is 274 g/mol. The van der Waals surface area contributed by atoms with Gasteiger partial charge in [-0.05, 0) is 29.2 Å². The Morgan fingerprint density at radius 3 is 2.40 bits per heavy atom. The van der Waals surface area contributed by atoms with E-state index in [4.69, 9.17) is 4.74 Å². The first-order valence-corrected chi connectivity index (χ1v) is 7.36. The van der Waals surface area contributed by atoms with Crippen molar-refractivity contribution < 1.29 is 9.53 Å². The Kier molecular flexibility index (Phi) is 3.48. The second-order valence-corrected chi connectivity index (χ2v) is 7.34. The Labute approximate surface area is 122 Å². The third kappa shape index (κ3) is 2.06. The van der Waals surface area contributed by atoms with Crippen LogP contribution in [0.2, 0.25) is 0 Å². The predicted molar refractivity (Wildman–Crippen MR) is 81.8 cm³/mol. The number of carbonyl (C=O) groups excluding carboxylic acids is 1. The number of ether oxygens (including phenoxy) is 1. The molecule has 0 aliphatic heterocycles. The number of allylic oxidation sites excluding steroid dienone is 3. The van der Waals surface area contributed by atoms with Gasteiger partial charge >= 0.3 is 5.97 Å². The fourth-order valence-corrected chi connectivity index (χ4v) is 3.52. The van der Waals surface area contributed by atoms with Gasteiger partial charge in [-0.3, -0.25) is 4.79 Å². The molecule has 2 heteroatoms. The lowest BCUT2D eigenvalue weighted by Crippen LogP contribution is -2.18. The molecule has 0 aromatic carbocycles. The van der Waals surface area contributed by atoms with E-state index in [1.165, 1.54) is 0 Å². The third-order valence-electron chi connectivity index (χ3n) is 5.68. The minimum absolute atomic E-state index is 0.0137. The van der Waals surface area contributed by atoms with Crippen LogP contribution in [-0.4, -0.2) is 5.97 Å². The zero-order valence-electron chi connectivity index (χ0n) is 13.3. The van der Waals surface area contributed by atoms with Crippen LogP contribution in [-0.2, 0) is 9.53 Å². The molecular weight excluding hydrogens is 248 g/mol. The summed E-state index contributed by atoms with van der Waals surface area (Å²) in [5, 5.41) is 0. The standard InChI is InChI=1S/C18H26O2/c1-8-11(2)14-12(3)9-10-13(14)20-16(19)15-17(4,5)18(15,6)7/h8,10-11,14-15H,1,3,9H2,2,4-7H3/t11?,14-/m0/s1. The molecule has 2 aliphatic rings. The molecule has 0 bridgehead atoms. The highest BCUT2D eigenvalue weighted by Crippen LogP contribution is 2.68. The van der Waals surface area contributed by atoms with Crippen molar-refractivity contribution in [1.29, 1.82) is 0 Å². The molecule has 0 aromatic rings. The molecule has 2 aliphatic carbocycles. The molecule has 1 saturated carbocycles. The van der Waals surface area contributed by atoms with E-state index in [0.717, 1.165) is 17.8 Å². The Morgan fingerprint density at radius 2 is 1.95 bits per heavy atom. The van der Waals surface area contributed by atoms with Crippen molar-refractivity contribution in [1.82, 2.24) is 0 Å². The molecule has 2 atom stereocenters. The Bertz CT molecular complexity index is 480. The maximum atomic E-state index is 12.4. The topological polar surface area (TPSA) is 26.3 Å². The highest BCUT2D eigenvalue weighted by molar-refractivity contribution is 5.80. The first-order valence-electron chi connectivity index (χ1n) is 7.36. The lowest BCUT2D eigenvalue weighted by atomic mass is 9.89. The SMILES string of the molecule is C=CC(C)[C@H]1C(=C)CC=C1OC(=O)C1C(C)(C)C1(C)C. The quantitative estimate of drug-likeness (QED) is 0.557. The Hall–Kier alpha value is -1.31. The summed E-state index contributed by atoms with van der Waals surface area (Å²) >= 11 is 0. The van der Waals surface area contributed by atoms with Crippen LogP contribution in [0.4, 0.5) is 0 Å². The van der Waals surface area contributed by atoms with E-state index in [0.29, 0.717) is 0 Å². The van der Waals surface area contributed by atoms with Crippen LogP contribution in [0.25, 0.3) is 0 Å². The molecule has 1 fully saturated rings. The van der Waals surface area contributed by atoms with Crippen molar-refractivity contribution in [2.45, 2.75) is 41.0 Å². The predicted octanol–water partition coefficient (Wildman–Crippen LogP) is 4.49. The molecule has 0 heterocycles. The van der Waals surface area contributed by atoms with Crippen molar-refractivity contribution in [2.24, 2.45) is 28.6 Å². The molecule has 0 N–H and O–H groups in total. The summed E-state index contributed by atoms with van der Waals surface area (Å²) in [6.07, 6.45) is 4.68. The molecule has 0 aromatic heterocycles. The number of rotatable bonds is 4. The fourth-order valence-electron chi connectivity index (χ4n) is 3.52. The molecule has 0 radical (unpaired) electrons. The number of carbonyl (C=O) groups is 1. The van der Waals surface area contributed by atoms with Crippen LogP contribution in [0.3, 0.4) is 0 Å². The van der Waals surface area contributed by atoms with Crippen LogP contribution in [0, 0.1) is 28.6 Å². The van der Waals surface area contributed by atoms with Gasteiger partial charge in [0, 0.05) is 5.92 Å². The van der Waals surface area contributed by atoms with Crippen LogP contribution in [0.5, 0.6) is 0 Å². The normalized spacial score (nSPS) is 28.8. The minimum Gasteiger partial charge on any atom is -0.430 e. The van der Waals surface area contributed by atoms with Gasteiger partial charge in [0.1, 0.15) is 5.76 Å². The molecule has 110 valence electrons. The summed E-state index contributed by atoms with van der Waals surface area (Å²) < 4.78 is 5.73. The monoisotopic (exact) mass is 274 g/mol. The van der Waals surface area contributed by atoms with E-state index in [2.05, 4.69) is 47.8 Å². The van der Waals surface area contributed by atoms with Crippen molar-refractivity contribution >= 4 is 5.97 Å². The van der Waals surface area contributed by atoms with Crippen LogP contribution >= 0.6 is 0 Å². The highest BCUT2D eigenvalue weighted by atomic mass is 16.5. The fraction of sp³-hybridized carbons (Fsp3) is 0.611. The summed E-state index contributed by atoms with van der Waals surface area (Å²) in [4.78, 5) is 12.4. The summed E-state index contributed by atoms with van der Waals surface area (Å²) in [7, 11) is 0. The molecule has 2 rings (SSSR count). The highest BCUT2D eigenvalue weighted by Gasteiger charge is 2.69. The zero-order valence-corrected chi connectivity index (χ0v) is 13.3. The van der Waals surface area contributed by atoms with Gasteiger partial charge in [-0.25, -0.2) is 0 Å².